The van der Waals surface area contributed by atoms with Crippen molar-refractivity contribution in [1.82, 2.24) is 24.6 Å². The molecule has 1 saturated carbocycles. The summed E-state index contributed by atoms with van der Waals surface area (Å²) < 4.78 is 6.12. The number of aryl methyl sites for hydroxylation is 1. The van der Waals surface area contributed by atoms with Gasteiger partial charge in [-0.15, -0.1) is 0 Å². The van der Waals surface area contributed by atoms with E-state index in [-0.39, 0.29) is 30.0 Å². The van der Waals surface area contributed by atoms with E-state index >= 15 is 0 Å². The van der Waals surface area contributed by atoms with Gasteiger partial charge in [-0.2, -0.15) is 0 Å². The summed E-state index contributed by atoms with van der Waals surface area (Å²) in [4.78, 5) is 63.8. The number of nitrogens with zero attached hydrogens (tertiary/aromatic N) is 4. The molecule has 3 aromatic rings. The average molecular weight is 669 g/mol. The Labute approximate surface area is 287 Å². The average Bonchev–Trinajstić information content (AvgIpc) is 3.30. The number of likely N-dealkylation sites (tertiary alicyclic amines) is 1. The first kappa shape index (κ1) is 33.1. The molecule has 4 amide bonds. The largest absolute Gasteiger partial charge is 0.436 e. The second kappa shape index (κ2) is 14.6. The molecule has 3 fully saturated rings. The van der Waals surface area contributed by atoms with Gasteiger partial charge < -0.3 is 29.7 Å². The minimum Gasteiger partial charge on any atom is -0.436 e. The van der Waals surface area contributed by atoms with Crippen LogP contribution in [0, 0.1) is 6.92 Å². The normalized spacial score (nSPS) is 20.4. The van der Waals surface area contributed by atoms with Crippen molar-refractivity contribution in [3.63, 3.8) is 0 Å². The van der Waals surface area contributed by atoms with Gasteiger partial charge in [0.15, 0.2) is 6.10 Å². The van der Waals surface area contributed by atoms with Gasteiger partial charge in [0.1, 0.15) is 0 Å². The zero-order valence-corrected chi connectivity index (χ0v) is 28.5. The Bertz CT molecular complexity index is 1740. The molecule has 1 aliphatic carbocycles. The Morgan fingerprint density at radius 2 is 1.59 bits per heavy atom. The number of benzene rings is 2. The molecule has 0 spiro atoms. The lowest BCUT2D eigenvalue weighted by Gasteiger charge is -2.41. The monoisotopic (exact) mass is 668 g/mol. The van der Waals surface area contributed by atoms with Crippen LogP contribution in [0.4, 0.5) is 15.3 Å². The van der Waals surface area contributed by atoms with Crippen molar-refractivity contribution in [1.29, 1.82) is 0 Å². The molecule has 4 aliphatic rings. The molecule has 4 heterocycles. The molecule has 11 heteroatoms. The molecule has 1 aromatic heterocycles. The number of hydrogen-bond donors (Lipinski definition) is 2. The fraction of sp³-hybridized carbons (Fsp3) is 0.526. The number of piperidine rings is 1. The van der Waals surface area contributed by atoms with Gasteiger partial charge >= 0.3 is 12.1 Å². The third kappa shape index (κ3) is 7.46. The van der Waals surface area contributed by atoms with Gasteiger partial charge in [0.25, 0.3) is 5.91 Å². The Balaban J connectivity index is 1.02. The number of urea groups is 1. The number of carbonyl (C=O) groups is 3. The van der Waals surface area contributed by atoms with Crippen molar-refractivity contribution >= 4 is 34.6 Å². The highest BCUT2D eigenvalue weighted by molar-refractivity contribution is 5.91. The Morgan fingerprint density at radius 3 is 2.37 bits per heavy atom. The van der Waals surface area contributed by atoms with Crippen LogP contribution in [0.2, 0.25) is 0 Å². The molecule has 2 saturated heterocycles. The number of carbonyl (C=O) groups excluding carboxylic acids is 3. The maximum atomic E-state index is 14.1. The van der Waals surface area contributed by atoms with Crippen LogP contribution in [0.25, 0.3) is 10.9 Å². The van der Waals surface area contributed by atoms with E-state index < -0.39 is 12.2 Å². The zero-order chi connectivity index (χ0) is 33.9. The highest BCUT2D eigenvalue weighted by atomic mass is 16.6. The highest BCUT2D eigenvalue weighted by Gasteiger charge is 2.36. The lowest BCUT2D eigenvalue weighted by molar-refractivity contribution is -0.143. The minimum atomic E-state index is -0.971. The van der Waals surface area contributed by atoms with Gasteiger partial charge in [0.2, 0.25) is 5.56 Å². The summed E-state index contributed by atoms with van der Waals surface area (Å²) >= 11 is 0. The maximum Gasteiger partial charge on any atom is 0.410 e. The van der Waals surface area contributed by atoms with E-state index in [4.69, 9.17) is 4.74 Å². The van der Waals surface area contributed by atoms with Crippen molar-refractivity contribution in [3.05, 3.63) is 75.6 Å². The Hall–Kier alpha value is -4.38. The number of hydrogen-bond acceptors (Lipinski definition) is 6. The number of anilines is 1. The number of piperazine rings is 1. The van der Waals surface area contributed by atoms with Gasteiger partial charge in [0.05, 0.1) is 5.52 Å². The van der Waals surface area contributed by atoms with Crippen LogP contribution >= 0.6 is 0 Å². The lowest BCUT2D eigenvalue weighted by atomic mass is 9.94. The Kier molecular flexibility index (Phi) is 9.89. The summed E-state index contributed by atoms with van der Waals surface area (Å²) in [5.74, 6) is -0.161. The number of nitrogens with one attached hydrogen (secondary N) is 2. The van der Waals surface area contributed by atoms with Crippen LogP contribution in [0.15, 0.2) is 53.3 Å². The second-order valence-electron chi connectivity index (χ2n) is 14.2. The third-order valence-corrected chi connectivity index (χ3v) is 11.1. The number of aromatic nitrogens is 1. The molecule has 11 nitrogen and oxygen atoms in total. The molecule has 7 rings (SSSR count). The fourth-order valence-electron chi connectivity index (χ4n) is 8.29. The van der Waals surface area contributed by atoms with Crippen LogP contribution < -0.4 is 10.9 Å². The van der Waals surface area contributed by atoms with Crippen LogP contribution in [0.1, 0.15) is 61.6 Å². The first-order valence-corrected chi connectivity index (χ1v) is 18.1. The SMILES string of the molecule is Cc1cc(C[C@@H](OC(=O)N2CCC(N3CCc4ccccc4NC3=O)CC2)C(=O)N2CCN(C3CCCCC3)CC2)cc2ccc(=O)[nH]c12. The molecular formula is C38H48N6O5. The molecule has 2 N–H and O–H groups in total. The van der Waals surface area contributed by atoms with E-state index in [0.29, 0.717) is 51.6 Å². The molecule has 260 valence electrons. The highest BCUT2D eigenvalue weighted by Crippen LogP contribution is 2.27. The number of fused-ring (bicyclic) bond motifs is 2. The van der Waals surface area contributed by atoms with Crippen LogP contribution in [-0.2, 0) is 22.4 Å². The van der Waals surface area contributed by atoms with Gasteiger partial charge in [-0.3, -0.25) is 14.5 Å². The van der Waals surface area contributed by atoms with Crippen molar-refractivity contribution in [2.45, 2.75) is 82.9 Å². The van der Waals surface area contributed by atoms with Gasteiger partial charge in [0, 0.05) is 76.1 Å². The smallest absolute Gasteiger partial charge is 0.410 e. The number of H-pyrrole nitrogens is 1. The summed E-state index contributed by atoms with van der Waals surface area (Å²) in [6.45, 7) is 6.37. The first-order valence-electron chi connectivity index (χ1n) is 18.1. The Morgan fingerprint density at radius 1 is 0.837 bits per heavy atom. The topological polar surface area (TPSA) is 118 Å². The summed E-state index contributed by atoms with van der Waals surface area (Å²) in [6, 6.07) is 15.6. The van der Waals surface area contributed by atoms with Crippen molar-refractivity contribution in [2.24, 2.45) is 0 Å². The molecule has 3 aliphatic heterocycles. The van der Waals surface area contributed by atoms with Crippen LogP contribution in [-0.4, -0.2) is 107 Å². The van der Waals surface area contributed by atoms with Crippen molar-refractivity contribution in [2.75, 3.05) is 51.1 Å². The predicted molar refractivity (Wildman–Crippen MR) is 189 cm³/mol. The third-order valence-electron chi connectivity index (χ3n) is 11.1. The van der Waals surface area contributed by atoms with Crippen molar-refractivity contribution < 1.29 is 19.1 Å². The van der Waals surface area contributed by atoms with E-state index in [0.717, 1.165) is 52.8 Å². The number of aromatic amines is 1. The second-order valence-corrected chi connectivity index (χ2v) is 14.2. The number of rotatable bonds is 6. The van der Waals surface area contributed by atoms with Crippen molar-refractivity contribution in [3.8, 4) is 0 Å². The van der Waals surface area contributed by atoms with Crippen LogP contribution in [0.3, 0.4) is 0 Å². The van der Waals surface area contributed by atoms with E-state index in [1.165, 1.54) is 38.2 Å². The predicted octanol–water partition coefficient (Wildman–Crippen LogP) is 4.92. The molecule has 49 heavy (non-hydrogen) atoms. The van der Waals surface area contributed by atoms with E-state index in [1.807, 2.05) is 53.1 Å². The van der Waals surface area contributed by atoms with E-state index in [1.54, 1.807) is 11.0 Å². The molecule has 0 radical (unpaired) electrons. The summed E-state index contributed by atoms with van der Waals surface area (Å²) in [6.07, 6.45) is 7.16. The maximum absolute atomic E-state index is 14.1. The van der Waals surface area contributed by atoms with Gasteiger partial charge in [-0.1, -0.05) is 43.5 Å². The molecule has 0 bridgehead atoms. The standard InChI is InChI=1S/C38H48N6O5/c1-26-23-27(24-29-11-12-34(45)40-35(26)29)25-33(36(46)42-21-19-41(20-22-42)30-8-3-2-4-9-30)49-38(48)43-16-14-31(15-17-43)44-18-13-28-7-5-6-10-32(28)39-37(44)47/h5-7,10-12,23-24,30-31,33H,2-4,8-9,13-22,25H2,1H3,(H,39,47)(H,40,45)/t33-/m1/s1. The summed E-state index contributed by atoms with van der Waals surface area (Å²) in [5, 5.41) is 3.93. The lowest BCUT2D eigenvalue weighted by Crippen LogP contribution is -2.55. The molecule has 1 atom stereocenters. The van der Waals surface area contributed by atoms with Gasteiger partial charge in [-0.25, -0.2) is 9.59 Å². The quantitative estimate of drug-likeness (QED) is 0.385. The number of pyridine rings is 1. The molecular weight excluding hydrogens is 620 g/mol. The van der Waals surface area contributed by atoms with E-state index in [9.17, 15) is 19.2 Å². The van der Waals surface area contributed by atoms with E-state index in [2.05, 4.69) is 15.2 Å². The first-order chi connectivity index (χ1) is 23.8. The van der Waals surface area contributed by atoms with Gasteiger partial charge in [-0.05, 0) is 79.3 Å². The minimum absolute atomic E-state index is 0.0169. The van der Waals surface area contributed by atoms with Crippen LogP contribution in [0.5, 0.6) is 0 Å². The number of amides is 4. The molecule has 2 aromatic carbocycles. The zero-order valence-electron chi connectivity index (χ0n) is 28.5. The summed E-state index contributed by atoms with van der Waals surface area (Å²) in [5.41, 5.74) is 4.35. The fourth-order valence-corrected chi connectivity index (χ4v) is 8.29. The number of ether oxygens (including phenoxy) is 1. The number of para-hydroxylation sites is 1. The summed E-state index contributed by atoms with van der Waals surface area (Å²) in [7, 11) is 0. The molecule has 0 unspecified atom stereocenters.